The average molecular weight is 445 g/mol. The molecule has 1 aromatic heterocycles. The molecule has 3 rings (SSSR count). The van der Waals surface area contributed by atoms with Crippen molar-refractivity contribution in [3.8, 4) is 0 Å². The number of pyridine rings is 1. The lowest BCUT2D eigenvalue weighted by atomic mass is 9.66. The van der Waals surface area contributed by atoms with E-state index in [9.17, 15) is 22.0 Å². The van der Waals surface area contributed by atoms with E-state index < -0.39 is 52.7 Å². The molecular formula is C20H20F5N3OS. The van der Waals surface area contributed by atoms with Crippen molar-refractivity contribution in [3.05, 3.63) is 64.7 Å². The number of aromatic nitrogens is 1. The fraction of sp³-hybridized carbons (Fsp3) is 0.400. The van der Waals surface area contributed by atoms with E-state index in [1.165, 1.54) is 0 Å². The maximum atomic E-state index is 13.9. The van der Waals surface area contributed by atoms with Crippen LogP contribution in [0.25, 0.3) is 0 Å². The summed E-state index contributed by atoms with van der Waals surface area (Å²) in [5.74, 6) is -10.1. The number of benzene rings is 1. The van der Waals surface area contributed by atoms with Crippen molar-refractivity contribution in [1.29, 1.82) is 0 Å². The highest BCUT2D eigenvalue weighted by molar-refractivity contribution is 7.80. The molecule has 1 aliphatic rings. The number of hydrogen-bond donors (Lipinski definition) is 2. The van der Waals surface area contributed by atoms with E-state index in [-0.39, 0.29) is 0 Å². The number of hydrogen-bond acceptors (Lipinski definition) is 4. The molecule has 0 radical (unpaired) electrons. The van der Waals surface area contributed by atoms with Gasteiger partial charge in [-0.1, -0.05) is 31.1 Å². The van der Waals surface area contributed by atoms with Gasteiger partial charge in [0.05, 0.1) is 22.6 Å². The van der Waals surface area contributed by atoms with Crippen molar-refractivity contribution >= 4 is 17.2 Å². The van der Waals surface area contributed by atoms with Crippen LogP contribution in [-0.4, -0.2) is 23.1 Å². The van der Waals surface area contributed by atoms with Crippen molar-refractivity contribution in [1.82, 2.24) is 15.8 Å². The number of halogens is 5. The molecule has 1 saturated carbocycles. The van der Waals surface area contributed by atoms with Crippen molar-refractivity contribution in [3.63, 3.8) is 0 Å². The van der Waals surface area contributed by atoms with Crippen LogP contribution in [0, 0.1) is 29.1 Å². The number of nitrogens with one attached hydrogen (secondary N) is 2. The molecule has 0 spiro atoms. The summed E-state index contributed by atoms with van der Waals surface area (Å²) in [6, 6.07) is 3.24. The van der Waals surface area contributed by atoms with Crippen LogP contribution >= 0.6 is 12.2 Å². The van der Waals surface area contributed by atoms with Crippen LogP contribution in [0.1, 0.15) is 36.8 Å². The minimum absolute atomic E-state index is 0.406. The molecule has 1 heterocycles. The quantitative estimate of drug-likeness (QED) is 0.229. The second-order valence-electron chi connectivity index (χ2n) is 7.05. The molecule has 1 aromatic carbocycles. The summed E-state index contributed by atoms with van der Waals surface area (Å²) in [5.41, 5.74) is 1.85. The lowest BCUT2D eigenvalue weighted by molar-refractivity contribution is -0.0205. The maximum Gasteiger partial charge on any atom is 0.200 e. The van der Waals surface area contributed by atoms with E-state index in [0.29, 0.717) is 17.8 Å². The molecule has 0 saturated heterocycles. The third-order valence-corrected chi connectivity index (χ3v) is 6.03. The minimum atomic E-state index is -2.20. The first-order valence-electron chi connectivity index (χ1n) is 9.34. The number of likely N-dealkylation sites (N-methyl/N-ethyl adjacent to an activating group) is 1. The van der Waals surface area contributed by atoms with Gasteiger partial charge < -0.3 is 5.32 Å². The summed E-state index contributed by atoms with van der Waals surface area (Å²) < 4.78 is 67.8. The molecule has 162 valence electrons. The first kappa shape index (κ1) is 22.5. The van der Waals surface area contributed by atoms with Crippen LogP contribution in [-0.2, 0) is 16.9 Å². The Morgan fingerprint density at radius 1 is 1.13 bits per heavy atom. The summed E-state index contributed by atoms with van der Waals surface area (Å²) >= 11 is 5.59. The highest BCUT2D eigenvalue weighted by Gasteiger charge is 2.46. The monoisotopic (exact) mass is 445 g/mol. The summed E-state index contributed by atoms with van der Waals surface area (Å²) in [7, 11) is 1.70. The predicted molar refractivity (Wildman–Crippen MR) is 104 cm³/mol. The Kier molecular flexibility index (Phi) is 6.99. The Bertz CT molecular complexity index is 901. The van der Waals surface area contributed by atoms with Gasteiger partial charge in [0, 0.05) is 25.5 Å². The number of nitrogens with zero attached hydrogens (tertiary/aromatic N) is 1. The van der Waals surface area contributed by atoms with Gasteiger partial charge in [0.25, 0.3) is 0 Å². The average Bonchev–Trinajstić information content (AvgIpc) is 2.79. The van der Waals surface area contributed by atoms with E-state index in [0.717, 1.165) is 18.4 Å². The molecule has 0 amide bonds. The van der Waals surface area contributed by atoms with Gasteiger partial charge in [-0.25, -0.2) is 22.0 Å². The van der Waals surface area contributed by atoms with Crippen molar-refractivity contribution in [2.24, 2.45) is 0 Å². The molecule has 2 atom stereocenters. The molecule has 2 aromatic rings. The molecule has 1 aliphatic carbocycles. The van der Waals surface area contributed by atoms with Gasteiger partial charge in [-0.2, -0.15) is 5.48 Å². The molecule has 0 aliphatic heterocycles. The molecule has 2 N–H and O–H groups in total. The molecule has 1 unspecified atom stereocenters. The number of hydroxylamine groups is 1. The van der Waals surface area contributed by atoms with Crippen molar-refractivity contribution < 1.29 is 26.8 Å². The normalized spacial score (nSPS) is 21.5. The molecule has 30 heavy (non-hydrogen) atoms. The van der Waals surface area contributed by atoms with Gasteiger partial charge >= 0.3 is 0 Å². The van der Waals surface area contributed by atoms with Crippen LogP contribution in [0.15, 0.2) is 24.5 Å². The summed E-state index contributed by atoms with van der Waals surface area (Å²) in [5, 5.41) is 3.00. The molecule has 4 nitrogen and oxygen atoms in total. The van der Waals surface area contributed by atoms with Crippen LogP contribution < -0.4 is 10.8 Å². The van der Waals surface area contributed by atoms with Gasteiger partial charge in [-0.15, -0.1) is 0 Å². The summed E-state index contributed by atoms with van der Waals surface area (Å²) in [6.07, 6.45) is 6.33. The second-order valence-corrected chi connectivity index (χ2v) is 7.45. The SMILES string of the molecule is CNC(=S)[C@]1(c2cccnc2)CCCCC1NOCc1c(F)c(F)c(F)c(F)c1F. The molecular weight excluding hydrogens is 425 g/mol. The van der Waals surface area contributed by atoms with Crippen molar-refractivity contribution in [2.45, 2.75) is 43.7 Å². The third-order valence-electron chi connectivity index (χ3n) is 5.46. The predicted octanol–water partition coefficient (Wildman–Crippen LogP) is 4.23. The lowest BCUT2D eigenvalue weighted by Crippen LogP contribution is -2.57. The zero-order valence-electron chi connectivity index (χ0n) is 16.1. The first-order valence-corrected chi connectivity index (χ1v) is 9.75. The highest BCUT2D eigenvalue weighted by Crippen LogP contribution is 2.40. The topological polar surface area (TPSA) is 46.2 Å². The van der Waals surface area contributed by atoms with Gasteiger partial charge in [0.1, 0.15) is 0 Å². The van der Waals surface area contributed by atoms with Gasteiger partial charge in [0.2, 0.25) is 5.82 Å². The Morgan fingerprint density at radius 2 is 1.80 bits per heavy atom. The maximum absolute atomic E-state index is 13.9. The Labute approximate surface area is 175 Å². The summed E-state index contributed by atoms with van der Waals surface area (Å²) in [6.45, 7) is -0.849. The molecule has 0 bridgehead atoms. The van der Waals surface area contributed by atoms with E-state index in [2.05, 4.69) is 15.8 Å². The zero-order valence-corrected chi connectivity index (χ0v) is 16.9. The smallest absolute Gasteiger partial charge is 0.200 e. The Morgan fingerprint density at radius 3 is 2.40 bits per heavy atom. The lowest BCUT2D eigenvalue weighted by Gasteiger charge is -2.44. The fourth-order valence-electron chi connectivity index (χ4n) is 3.92. The highest BCUT2D eigenvalue weighted by atomic mass is 32.1. The van der Waals surface area contributed by atoms with Crippen LogP contribution in [0.2, 0.25) is 0 Å². The standard InChI is InChI=1S/C20H20F5N3OS/c1-26-19(30)20(11-5-4-8-27-9-11)7-3-2-6-13(20)28-29-10-12-14(21)16(23)18(25)17(24)15(12)22/h4-5,8-9,13,28H,2-3,6-7,10H2,1H3,(H,26,30)/t13?,20-/m0/s1. The van der Waals surface area contributed by atoms with Crippen LogP contribution in [0.3, 0.4) is 0 Å². The van der Waals surface area contributed by atoms with Gasteiger partial charge in [0.15, 0.2) is 23.3 Å². The van der Waals surface area contributed by atoms with E-state index in [1.54, 1.807) is 25.5 Å². The minimum Gasteiger partial charge on any atom is -0.382 e. The van der Waals surface area contributed by atoms with Gasteiger partial charge in [-0.05, 0) is 24.5 Å². The number of rotatable bonds is 6. The van der Waals surface area contributed by atoms with Gasteiger partial charge in [-0.3, -0.25) is 9.82 Å². The van der Waals surface area contributed by atoms with E-state index in [1.807, 2.05) is 6.07 Å². The van der Waals surface area contributed by atoms with E-state index in [4.69, 9.17) is 17.1 Å². The van der Waals surface area contributed by atoms with Crippen LogP contribution in [0.4, 0.5) is 22.0 Å². The summed E-state index contributed by atoms with van der Waals surface area (Å²) in [4.78, 5) is 9.94. The zero-order chi connectivity index (χ0) is 21.9. The molecule has 1 fully saturated rings. The first-order chi connectivity index (χ1) is 14.3. The third kappa shape index (κ3) is 3.91. The number of thiocarbonyl (C=S) groups is 1. The Balaban J connectivity index is 1.86. The largest absolute Gasteiger partial charge is 0.382 e. The molecule has 10 heteroatoms. The second kappa shape index (κ2) is 9.32. The Hall–Kier alpha value is -2.17. The fourth-order valence-corrected chi connectivity index (χ4v) is 4.28. The van der Waals surface area contributed by atoms with E-state index >= 15 is 0 Å². The van der Waals surface area contributed by atoms with Crippen LogP contribution in [0.5, 0.6) is 0 Å². The van der Waals surface area contributed by atoms with Crippen molar-refractivity contribution in [2.75, 3.05) is 7.05 Å².